The molecule has 152 valence electrons. The van der Waals surface area contributed by atoms with Crippen LogP contribution in [-0.2, 0) is 11.2 Å². The van der Waals surface area contributed by atoms with Crippen molar-refractivity contribution in [2.24, 2.45) is 0 Å². The van der Waals surface area contributed by atoms with E-state index in [1.165, 1.54) is 17.6 Å². The van der Waals surface area contributed by atoms with Gasteiger partial charge in [-0.1, -0.05) is 35.9 Å². The number of hydrogen-bond acceptors (Lipinski definition) is 5. The molecule has 0 spiro atoms. The van der Waals surface area contributed by atoms with Crippen molar-refractivity contribution in [2.75, 3.05) is 16.8 Å². The van der Waals surface area contributed by atoms with Crippen LogP contribution in [0.15, 0.2) is 48.5 Å². The zero-order chi connectivity index (χ0) is 20.8. The van der Waals surface area contributed by atoms with Gasteiger partial charge in [-0.25, -0.2) is 9.37 Å². The molecule has 1 N–H and O–H groups in total. The van der Waals surface area contributed by atoms with Crippen molar-refractivity contribution in [3.8, 4) is 0 Å². The van der Waals surface area contributed by atoms with Crippen molar-refractivity contribution in [1.29, 1.82) is 0 Å². The van der Waals surface area contributed by atoms with Gasteiger partial charge in [-0.3, -0.25) is 4.79 Å². The number of aromatic nitrogens is 2. The minimum absolute atomic E-state index is 0.146. The second-order valence-electron chi connectivity index (χ2n) is 6.86. The monoisotopic (exact) mass is 432 g/mol. The number of hydrogen-bond donors (Lipinski definition) is 1. The number of halogens is 2. The summed E-state index contributed by atoms with van der Waals surface area (Å²) < 4.78 is 18.1. The summed E-state index contributed by atoms with van der Waals surface area (Å²) in [5.41, 5.74) is 1.27. The first-order valence-corrected chi connectivity index (χ1v) is 10.5. The van der Waals surface area contributed by atoms with E-state index in [0.29, 0.717) is 18.0 Å². The Morgan fingerprint density at radius 3 is 2.62 bits per heavy atom. The van der Waals surface area contributed by atoms with Crippen molar-refractivity contribution in [3.63, 3.8) is 0 Å². The lowest BCUT2D eigenvalue weighted by Crippen LogP contribution is -2.33. The van der Waals surface area contributed by atoms with E-state index in [4.69, 9.17) is 11.6 Å². The maximum absolute atomic E-state index is 13.7. The molecule has 3 aromatic rings. The molecule has 0 aliphatic carbocycles. The van der Waals surface area contributed by atoms with E-state index in [9.17, 15) is 9.18 Å². The molecule has 0 aliphatic rings. The molecule has 1 amide bonds. The first-order chi connectivity index (χ1) is 13.9. The lowest BCUT2D eigenvalue weighted by Gasteiger charge is -2.25. The maximum atomic E-state index is 13.7. The normalized spacial score (nSPS) is 10.9. The predicted octanol–water partition coefficient (Wildman–Crippen LogP) is 5.17. The minimum Gasteiger partial charge on any atom is -0.344 e. The highest BCUT2D eigenvalue weighted by Crippen LogP contribution is 2.22. The third kappa shape index (κ3) is 5.98. The summed E-state index contributed by atoms with van der Waals surface area (Å²) in [6, 6.07) is 13.9. The third-order valence-corrected chi connectivity index (χ3v) is 5.37. The largest absolute Gasteiger partial charge is 0.344 e. The van der Waals surface area contributed by atoms with E-state index < -0.39 is 5.82 Å². The van der Waals surface area contributed by atoms with Gasteiger partial charge in [0.05, 0.1) is 5.69 Å². The smallest absolute Gasteiger partial charge is 0.226 e. The van der Waals surface area contributed by atoms with Crippen LogP contribution >= 0.6 is 23.1 Å². The van der Waals surface area contributed by atoms with Crippen LogP contribution in [0.2, 0.25) is 5.02 Å². The second-order valence-corrected chi connectivity index (χ2v) is 8.03. The average Bonchev–Trinajstić information content (AvgIpc) is 3.13. The number of amides is 1. The summed E-state index contributed by atoms with van der Waals surface area (Å²) in [6.07, 6.45) is 0.839. The standard InChI is InChI=1S/C21H22ClFN4OS/c1-14(2)27(12-11-20(28)24-18-6-4-3-5-17(18)23)21-25-19(26-29-21)13-15-7-9-16(22)10-8-15/h3-10,14H,11-13H2,1-2H3,(H,24,28). The molecule has 2 aromatic carbocycles. The topological polar surface area (TPSA) is 58.1 Å². The molecule has 0 bridgehead atoms. The Hall–Kier alpha value is -2.51. The highest BCUT2D eigenvalue weighted by atomic mass is 35.5. The first kappa shape index (κ1) is 21.2. The quantitative estimate of drug-likeness (QED) is 0.533. The van der Waals surface area contributed by atoms with Gasteiger partial charge in [0.25, 0.3) is 0 Å². The van der Waals surface area contributed by atoms with Gasteiger partial charge < -0.3 is 10.2 Å². The molecule has 1 aromatic heterocycles. The summed E-state index contributed by atoms with van der Waals surface area (Å²) in [5.74, 6) is 0.0398. The Labute approximate surface area is 178 Å². The van der Waals surface area contributed by atoms with Crippen LogP contribution in [0.25, 0.3) is 0 Å². The third-order valence-electron chi connectivity index (χ3n) is 4.33. The molecule has 0 fully saturated rings. The Balaban J connectivity index is 1.61. The molecule has 0 unspecified atom stereocenters. The highest BCUT2D eigenvalue weighted by Gasteiger charge is 2.18. The van der Waals surface area contributed by atoms with Gasteiger partial charge in [0, 0.05) is 42.0 Å². The van der Waals surface area contributed by atoms with Gasteiger partial charge in [0.15, 0.2) is 0 Å². The first-order valence-electron chi connectivity index (χ1n) is 9.30. The van der Waals surface area contributed by atoms with Crippen LogP contribution in [0.4, 0.5) is 15.2 Å². The van der Waals surface area contributed by atoms with E-state index in [1.807, 2.05) is 43.0 Å². The summed E-state index contributed by atoms with van der Waals surface area (Å²) in [4.78, 5) is 18.9. The zero-order valence-corrected chi connectivity index (χ0v) is 17.8. The zero-order valence-electron chi connectivity index (χ0n) is 16.2. The number of benzene rings is 2. The number of rotatable bonds is 8. The summed E-state index contributed by atoms with van der Waals surface area (Å²) >= 11 is 7.24. The van der Waals surface area contributed by atoms with E-state index in [-0.39, 0.29) is 24.1 Å². The summed E-state index contributed by atoms with van der Waals surface area (Å²) in [6.45, 7) is 4.54. The van der Waals surface area contributed by atoms with Crippen LogP contribution < -0.4 is 10.2 Å². The lowest BCUT2D eigenvalue weighted by molar-refractivity contribution is -0.116. The highest BCUT2D eigenvalue weighted by molar-refractivity contribution is 7.09. The fraction of sp³-hybridized carbons (Fsp3) is 0.286. The average molecular weight is 433 g/mol. The molecule has 1 heterocycles. The van der Waals surface area contributed by atoms with Gasteiger partial charge in [-0.2, -0.15) is 4.37 Å². The van der Waals surface area contributed by atoms with Crippen molar-refractivity contribution in [2.45, 2.75) is 32.7 Å². The maximum Gasteiger partial charge on any atom is 0.226 e. The number of nitrogens with zero attached hydrogens (tertiary/aromatic N) is 3. The van der Waals surface area contributed by atoms with Crippen molar-refractivity contribution < 1.29 is 9.18 Å². The Morgan fingerprint density at radius 2 is 1.93 bits per heavy atom. The summed E-state index contributed by atoms with van der Waals surface area (Å²) in [7, 11) is 0. The van der Waals surface area contributed by atoms with E-state index in [2.05, 4.69) is 14.7 Å². The molecule has 8 heteroatoms. The second kappa shape index (κ2) is 9.80. The van der Waals surface area contributed by atoms with Crippen LogP contribution in [0.3, 0.4) is 0 Å². The SMILES string of the molecule is CC(C)N(CCC(=O)Nc1ccccc1F)c1nc(Cc2ccc(Cl)cc2)ns1. The Morgan fingerprint density at radius 1 is 1.21 bits per heavy atom. The molecule has 0 atom stereocenters. The van der Waals surface area contributed by atoms with Crippen LogP contribution in [0.5, 0.6) is 0 Å². The van der Waals surface area contributed by atoms with Gasteiger partial charge in [0.2, 0.25) is 11.0 Å². The van der Waals surface area contributed by atoms with Gasteiger partial charge >= 0.3 is 0 Å². The molecular formula is C21H22ClFN4OS. The predicted molar refractivity (Wildman–Crippen MR) is 116 cm³/mol. The van der Waals surface area contributed by atoms with Crippen LogP contribution in [-0.4, -0.2) is 27.9 Å². The molecule has 0 saturated heterocycles. The number of para-hydroxylation sites is 1. The fourth-order valence-electron chi connectivity index (χ4n) is 2.79. The van der Waals surface area contributed by atoms with Gasteiger partial charge in [-0.05, 0) is 43.7 Å². The molecule has 5 nitrogen and oxygen atoms in total. The van der Waals surface area contributed by atoms with Crippen molar-refractivity contribution >= 4 is 39.9 Å². The lowest BCUT2D eigenvalue weighted by atomic mass is 10.1. The molecule has 3 rings (SSSR count). The van der Waals surface area contributed by atoms with Crippen LogP contribution in [0, 0.1) is 5.82 Å². The number of nitrogens with one attached hydrogen (secondary N) is 1. The molecule has 0 aliphatic heterocycles. The molecule has 0 radical (unpaired) electrons. The minimum atomic E-state index is -0.447. The Bertz CT molecular complexity index is 961. The van der Waals surface area contributed by atoms with E-state index >= 15 is 0 Å². The number of carbonyl (C=O) groups is 1. The summed E-state index contributed by atoms with van der Waals surface area (Å²) in [5, 5.41) is 4.08. The van der Waals surface area contributed by atoms with E-state index in [0.717, 1.165) is 16.5 Å². The van der Waals surface area contributed by atoms with Crippen LogP contribution in [0.1, 0.15) is 31.7 Å². The Kier molecular flexibility index (Phi) is 7.17. The van der Waals surface area contributed by atoms with Gasteiger partial charge in [0.1, 0.15) is 11.6 Å². The van der Waals surface area contributed by atoms with Crippen molar-refractivity contribution in [3.05, 3.63) is 70.8 Å². The van der Waals surface area contributed by atoms with E-state index in [1.54, 1.807) is 18.2 Å². The van der Waals surface area contributed by atoms with Gasteiger partial charge in [-0.15, -0.1) is 0 Å². The van der Waals surface area contributed by atoms with Crippen molar-refractivity contribution in [1.82, 2.24) is 9.36 Å². The number of carbonyl (C=O) groups excluding carboxylic acids is 1. The molecule has 29 heavy (non-hydrogen) atoms. The molecule has 0 saturated carbocycles. The number of anilines is 2. The molecular weight excluding hydrogens is 411 g/mol. The fourth-order valence-corrected chi connectivity index (χ4v) is 3.76.